The third kappa shape index (κ3) is 4.15. The fourth-order valence-corrected chi connectivity index (χ4v) is 3.13. The van der Waals surface area contributed by atoms with Gasteiger partial charge in [0.05, 0.1) is 0 Å². The summed E-state index contributed by atoms with van der Waals surface area (Å²) in [6.07, 6.45) is 2.71. The minimum atomic E-state index is -0.0847. The zero-order chi connectivity index (χ0) is 16.5. The van der Waals surface area contributed by atoms with Crippen LogP contribution in [0.2, 0.25) is 0 Å². The van der Waals surface area contributed by atoms with Crippen molar-refractivity contribution in [2.45, 2.75) is 53.4 Å². The van der Waals surface area contributed by atoms with Gasteiger partial charge in [0, 0.05) is 31.0 Å². The van der Waals surface area contributed by atoms with Gasteiger partial charge < -0.3 is 10.0 Å². The number of aliphatic hydroxyl groups excluding tert-OH is 1. The zero-order valence-electron chi connectivity index (χ0n) is 14.8. The number of rotatable bonds is 3. The Morgan fingerprint density at radius 1 is 1.09 bits per heavy atom. The van der Waals surface area contributed by atoms with Crippen LogP contribution in [-0.2, 0) is 5.41 Å². The minimum Gasteiger partial charge on any atom is -0.396 e. The SMILES string of the molecule is CC(C)(C)C[C@@H]1CN(c2ncnc(C(C)(C)C)n2)C[C@H]1CO. The molecule has 0 spiro atoms. The van der Waals surface area contributed by atoms with Gasteiger partial charge >= 0.3 is 0 Å². The molecule has 1 aliphatic heterocycles. The molecule has 2 heterocycles. The van der Waals surface area contributed by atoms with Gasteiger partial charge in [0.15, 0.2) is 0 Å². The molecule has 0 saturated carbocycles. The fraction of sp³-hybridized carbons (Fsp3) is 0.824. The Morgan fingerprint density at radius 3 is 2.27 bits per heavy atom. The molecule has 0 amide bonds. The highest BCUT2D eigenvalue weighted by Crippen LogP contribution is 2.35. The number of anilines is 1. The molecule has 1 aromatic rings. The van der Waals surface area contributed by atoms with Gasteiger partial charge in [-0.05, 0) is 17.8 Å². The van der Waals surface area contributed by atoms with Crippen LogP contribution in [0.5, 0.6) is 0 Å². The van der Waals surface area contributed by atoms with E-state index in [2.05, 4.69) is 61.4 Å². The first-order chi connectivity index (χ1) is 10.1. The van der Waals surface area contributed by atoms with E-state index in [0.717, 1.165) is 31.3 Å². The monoisotopic (exact) mass is 306 g/mol. The first-order valence-electron chi connectivity index (χ1n) is 8.15. The Morgan fingerprint density at radius 2 is 1.73 bits per heavy atom. The third-order valence-corrected chi connectivity index (χ3v) is 4.20. The predicted octanol–water partition coefficient (Wildman–Crippen LogP) is 2.65. The number of aliphatic hydroxyl groups is 1. The normalized spacial score (nSPS) is 23.1. The molecule has 1 N–H and O–H groups in total. The Kier molecular flexibility index (Phi) is 4.76. The summed E-state index contributed by atoms with van der Waals surface area (Å²) in [5, 5.41) is 9.70. The Hall–Kier alpha value is -1.23. The van der Waals surface area contributed by atoms with Gasteiger partial charge in [0.25, 0.3) is 0 Å². The maximum absolute atomic E-state index is 9.70. The van der Waals surface area contributed by atoms with E-state index in [1.165, 1.54) is 0 Å². The second-order valence-corrected chi connectivity index (χ2v) is 8.73. The number of hydrogen-bond acceptors (Lipinski definition) is 5. The summed E-state index contributed by atoms with van der Waals surface area (Å²) in [5.41, 5.74) is 0.183. The zero-order valence-corrected chi connectivity index (χ0v) is 14.8. The van der Waals surface area contributed by atoms with Crippen LogP contribution in [0.25, 0.3) is 0 Å². The predicted molar refractivity (Wildman–Crippen MR) is 88.9 cm³/mol. The largest absolute Gasteiger partial charge is 0.396 e. The molecule has 1 aliphatic rings. The maximum atomic E-state index is 9.70. The van der Waals surface area contributed by atoms with Gasteiger partial charge in [-0.3, -0.25) is 0 Å². The van der Waals surface area contributed by atoms with Crippen LogP contribution >= 0.6 is 0 Å². The fourth-order valence-electron chi connectivity index (χ4n) is 3.13. The molecule has 124 valence electrons. The van der Waals surface area contributed by atoms with Gasteiger partial charge in [0.1, 0.15) is 12.2 Å². The molecular weight excluding hydrogens is 276 g/mol. The van der Waals surface area contributed by atoms with Crippen molar-refractivity contribution >= 4 is 5.95 Å². The van der Waals surface area contributed by atoms with Crippen molar-refractivity contribution in [2.24, 2.45) is 17.3 Å². The van der Waals surface area contributed by atoms with E-state index in [0.29, 0.717) is 11.8 Å². The summed E-state index contributed by atoms with van der Waals surface area (Å²) < 4.78 is 0. The van der Waals surface area contributed by atoms with E-state index in [-0.39, 0.29) is 17.4 Å². The number of hydrogen-bond donors (Lipinski definition) is 1. The average Bonchev–Trinajstić information content (AvgIpc) is 2.78. The third-order valence-electron chi connectivity index (χ3n) is 4.20. The van der Waals surface area contributed by atoms with Crippen molar-refractivity contribution in [1.29, 1.82) is 0 Å². The molecule has 5 nitrogen and oxygen atoms in total. The molecule has 1 saturated heterocycles. The number of aromatic nitrogens is 3. The quantitative estimate of drug-likeness (QED) is 0.930. The summed E-state index contributed by atoms with van der Waals surface area (Å²) in [4.78, 5) is 15.5. The van der Waals surface area contributed by atoms with Crippen molar-refractivity contribution in [3.63, 3.8) is 0 Å². The van der Waals surface area contributed by atoms with Crippen molar-refractivity contribution in [2.75, 3.05) is 24.6 Å². The molecule has 2 rings (SSSR count). The lowest BCUT2D eigenvalue weighted by atomic mass is 9.80. The minimum absolute atomic E-state index is 0.0847. The summed E-state index contributed by atoms with van der Waals surface area (Å²) in [7, 11) is 0. The second-order valence-electron chi connectivity index (χ2n) is 8.73. The van der Waals surface area contributed by atoms with Crippen LogP contribution in [-0.4, -0.2) is 39.8 Å². The highest BCUT2D eigenvalue weighted by molar-refractivity contribution is 5.32. The van der Waals surface area contributed by atoms with E-state index >= 15 is 0 Å². The first kappa shape index (κ1) is 17.1. The standard InChI is InChI=1S/C17H30N4O/c1-16(2,3)7-12-8-21(9-13(12)10-22)15-19-11-18-14(20-15)17(4,5)6/h11-13,22H,7-10H2,1-6H3/t12-,13+/m1/s1. The Bertz CT molecular complexity index is 504. The topological polar surface area (TPSA) is 62.1 Å². The van der Waals surface area contributed by atoms with E-state index in [1.54, 1.807) is 6.33 Å². The second kappa shape index (κ2) is 6.11. The smallest absolute Gasteiger partial charge is 0.228 e. The first-order valence-corrected chi connectivity index (χ1v) is 8.15. The summed E-state index contributed by atoms with van der Waals surface area (Å²) in [6.45, 7) is 15.1. The van der Waals surface area contributed by atoms with Gasteiger partial charge in [-0.1, -0.05) is 41.5 Å². The lowest BCUT2D eigenvalue weighted by molar-refractivity contribution is 0.175. The maximum Gasteiger partial charge on any atom is 0.228 e. The van der Waals surface area contributed by atoms with Gasteiger partial charge in [-0.2, -0.15) is 4.98 Å². The summed E-state index contributed by atoms with van der Waals surface area (Å²) >= 11 is 0. The van der Waals surface area contributed by atoms with Gasteiger partial charge in [-0.15, -0.1) is 0 Å². The van der Waals surface area contributed by atoms with Crippen LogP contribution < -0.4 is 4.90 Å². The van der Waals surface area contributed by atoms with Crippen LogP contribution in [0.4, 0.5) is 5.95 Å². The van der Waals surface area contributed by atoms with Gasteiger partial charge in [-0.25, -0.2) is 9.97 Å². The van der Waals surface area contributed by atoms with E-state index in [1.807, 2.05) is 0 Å². The molecule has 1 fully saturated rings. The van der Waals surface area contributed by atoms with Crippen molar-refractivity contribution in [1.82, 2.24) is 15.0 Å². The Balaban J connectivity index is 2.17. The van der Waals surface area contributed by atoms with E-state index in [4.69, 9.17) is 0 Å². The van der Waals surface area contributed by atoms with E-state index < -0.39 is 0 Å². The lowest BCUT2D eigenvalue weighted by Crippen LogP contribution is -2.26. The van der Waals surface area contributed by atoms with Crippen molar-refractivity contribution in [3.8, 4) is 0 Å². The van der Waals surface area contributed by atoms with Crippen molar-refractivity contribution < 1.29 is 5.11 Å². The molecule has 1 aromatic heterocycles. The molecule has 5 heteroatoms. The van der Waals surface area contributed by atoms with Crippen LogP contribution in [0, 0.1) is 17.3 Å². The van der Waals surface area contributed by atoms with Gasteiger partial charge in [0.2, 0.25) is 5.95 Å². The molecule has 2 atom stereocenters. The lowest BCUT2D eigenvalue weighted by Gasteiger charge is -2.25. The Labute approximate surface area is 134 Å². The summed E-state index contributed by atoms with van der Waals surface area (Å²) in [5.74, 6) is 2.35. The van der Waals surface area contributed by atoms with Crippen LogP contribution in [0.15, 0.2) is 6.33 Å². The molecule has 22 heavy (non-hydrogen) atoms. The van der Waals surface area contributed by atoms with Crippen molar-refractivity contribution in [3.05, 3.63) is 12.2 Å². The summed E-state index contributed by atoms with van der Waals surface area (Å²) in [6, 6.07) is 0. The molecule has 0 unspecified atom stereocenters. The van der Waals surface area contributed by atoms with E-state index in [9.17, 15) is 5.11 Å². The van der Waals surface area contributed by atoms with Crippen LogP contribution in [0.1, 0.15) is 53.8 Å². The average molecular weight is 306 g/mol. The molecule has 0 aliphatic carbocycles. The van der Waals surface area contributed by atoms with Crippen LogP contribution in [0.3, 0.4) is 0 Å². The molecule has 0 radical (unpaired) electrons. The molecular formula is C17H30N4O. The molecule has 0 aromatic carbocycles. The highest BCUT2D eigenvalue weighted by atomic mass is 16.3. The molecule has 0 bridgehead atoms. The highest BCUT2D eigenvalue weighted by Gasteiger charge is 2.36. The number of nitrogens with zero attached hydrogens (tertiary/aromatic N) is 4.